The smallest absolute Gasteiger partial charge is 0.252 e. The number of alkyl halides is 2. The second kappa shape index (κ2) is 6.29. The lowest BCUT2D eigenvalue weighted by molar-refractivity contribution is 0.100. The summed E-state index contributed by atoms with van der Waals surface area (Å²) in [6, 6.07) is 11.4. The monoisotopic (exact) mass is 372 g/mol. The fourth-order valence-corrected chi connectivity index (χ4v) is 3.22. The van der Waals surface area contributed by atoms with Crippen LogP contribution in [-0.4, -0.2) is 21.7 Å². The maximum Gasteiger partial charge on any atom is 0.252 e. The molecule has 26 heavy (non-hydrogen) atoms. The van der Waals surface area contributed by atoms with Gasteiger partial charge >= 0.3 is 0 Å². The van der Waals surface area contributed by atoms with Gasteiger partial charge in [0.25, 0.3) is 5.92 Å². The summed E-state index contributed by atoms with van der Waals surface area (Å²) in [4.78, 5) is 12.7. The van der Waals surface area contributed by atoms with Crippen molar-refractivity contribution in [3.05, 3.63) is 53.8 Å². The van der Waals surface area contributed by atoms with Crippen LogP contribution in [0, 0.1) is 5.92 Å². The Morgan fingerprint density at radius 3 is 2.69 bits per heavy atom. The first kappa shape index (κ1) is 16.8. The lowest BCUT2D eigenvalue weighted by atomic mass is 10.0. The van der Waals surface area contributed by atoms with Crippen molar-refractivity contribution in [1.82, 2.24) is 9.97 Å². The predicted octanol–water partition coefficient (Wildman–Crippen LogP) is 4.98. The lowest BCUT2D eigenvalue weighted by Gasteiger charge is -2.09. The molecule has 0 aliphatic heterocycles. The average Bonchev–Trinajstić information content (AvgIpc) is 3.22. The van der Waals surface area contributed by atoms with Gasteiger partial charge in [-0.05, 0) is 12.1 Å². The number of fused-ring (bicyclic) bond motifs is 1. The van der Waals surface area contributed by atoms with Gasteiger partial charge in [0.05, 0.1) is 10.5 Å². The van der Waals surface area contributed by atoms with E-state index >= 15 is 0 Å². The minimum absolute atomic E-state index is 0.0328. The maximum atomic E-state index is 13.0. The number of para-hydroxylation sites is 1. The fraction of sp³-hybridized carbons (Fsp3) is 0.211. The Morgan fingerprint density at radius 2 is 1.92 bits per heavy atom. The summed E-state index contributed by atoms with van der Waals surface area (Å²) in [5.41, 5.74) is 8.19. The zero-order valence-electron chi connectivity index (χ0n) is 13.7. The van der Waals surface area contributed by atoms with Crippen LogP contribution < -0.4 is 5.73 Å². The molecule has 1 aliphatic rings. The van der Waals surface area contributed by atoms with E-state index in [4.69, 9.17) is 17.3 Å². The second-order valence-corrected chi connectivity index (χ2v) is 6.72. The topological polar surface area (TPSA) is 64.2 Å². The molecule has 0 spiro atoms. The summed E-state index contributed by atoms with van der Waals surface area (Å²) in [5.74, 6) is -3.04. The number of hydrogen-bond acceptors (Lipinski definition) is 3. The van der Waals surface area contributed by atoms with E-state index in [-0.39, 0.29) is 24.5 Å². The van der Waals surface area contributed by atoms with Crippen molar-refractivity contribution in [3.63, 3.8) is 0 Å². The Kier molecular flexibility index (Phi) is 4.07. The van der Waals surface area contributed by atoms with Gasteiger partial charge in [0, 0.05) is 47.7 Å². The van der Waals surface area contributed by atoms with Gasteiger partial charge < -0.3 is 5.73 Å². The molecule has 7 heteroatoms. The lowest BCUT2D eigenvalue weighted by Crippen LogP contribution is -2.14. The number of benzene rings is 1. The normalized spacial score (nSPS) is 18.9. The summed E-state index contributed by atoms with van der Waals surface area (Å²) in [7, 11) is 0. The Bertz CT molecular complexity index is 1010. The molecule has 1 aromatic carbocycles. The molecule has 1 saturated carbocycles. The molecule has 1 aliphatic carbocycles. The molecule has 1 atom stereocenters. The third-order valence-corrected chi connectivity index (χ3v) is 4.83. The van der Waals surface area contributed by atoms with Crippen LogP contribution in [0.1, 0.15) is 12.8 Å². The van der Waals surface area contributed by atoms with E-state index in [0.29, 0.717) is 10.6 Å². The molecule has 2 aromatic heterocycles. The predicted molar refractivity (Wildman–Crippen MR) is 98.9 cm³/mol. The number of aromatic nitrogens is 2. The Balaban J connectivity index is 1.72. The van der Waals surface area contributed by atoms with Gasteiger partial charge in [0.2, 0.25) is 0 Å². The molecule has 0 amide bonds. The molecule has 4 nitrogen and oxygen atoms in total. The number of pyridine rings is 2. The highest BCUT2D eigenvalue weighted by Gasteiger charge is 2.56. The largest absolute Gasteiger partial charge is 0.387 e. The highest BCUT2D eigenvalue weighted by Crippen LogP contribution is 2.50. The first-order chi connectivity index (χ1) is 12.5. The van der Waals surface area contributed by atoms with Crippen molar-refractivity contribution in [1.29, 1.82) is 0 Å². The van der Waals surface area contributed by atoms with Gasteiger partial charge in [-0.25, -0.2) is 18.8 Å². The number of aliphatic imine (C=N–C) groups is 1. The Morgan fingerprint density at radius 1 is 1.15 bits per heavy atom. The third kappa shape index (κ3) is 3.12. The molecule has 4 rings (SSSR count). The van der Waals surface area contributed by atoms with Crippen molar-refractivity contribution in [3.8, 4) is 11.1 Å². The quantitative estimate of drug-likeness (QED) is 0.518. The molecule has 2 N–H and O–H groups in total. The van der Waals surface area contributed by atoms with Gasteiger partial charge in [-0.3, -0.25) is 4.98 Å². The SMILES string of the molecule is NC(CC1CC1(F)F)=Nc1nccc(-c2cccc3cccnc23)c1Cl. The molecule has 0 bridgehead atoms. The van der Waals surface area contributed by atoms with Crippen LogP contribution >= 0.6 is 11.6 Å². The van der Waals surface area contributed by atoms with Gasteiger partial charge in [-0.15, -0.1) is 0 Å². The number of halogens is 3. The van der Waals surface area contributed by atoms with Gasteiger partial charge in [0.1, 0.15) is 5.84 Å². The zero-order chi connectivity index (χ0) is 18.3. The van der Waals surface area contributed by atoms with E-state index in [1.807, 2.05) is 30.3 Å². The fourth-order valence-electron chi connectivity index (χ4n) is 2.97. The molecule has 132 valence electrons. The minimum atomic E-state index is -2.63. The van der Waals surface area contributed by atoms with Crippen LogP contribution in [0.3, 0.4) is 0 Å². The number of nitrogens with zero attached hydrogens (tertiary/aromatic N) is 3. The minimum Gasteiger partial charge on any atom is -0.387 e. The molecular formula is C19H15ClF2N4. The number of amidine groups is 1. The molecule has 1 fully saturated rings. The highest BCUT2D eigenvalue weighted by atomic mass is 35.5. The van der Waals surface area contributed by atoms with Crippen LogP contribution in [-0.2, 0) is 0 Å². The number of rotatable bonds is 4. The van der Waals surface area contributed by atoms with Crippen molar-refractivity contribution in [2.45, 2.75) is 18.8 Å². The van der Waals surface area contributed by atoms with Crippen LogP contribution in [0.15, 0.2) is 53.8 Å². The summed E-state index contributed by atoms with van der Waals surface area (Å²) < 4.78 is 26.1. The third-order valence-electron chi connectivity index (χ3n) is 4.45. The summed E-state index contributed by atoms with van der Waals surface area (Å²) in [5, 5.41) is 1.30. The number of nitrogens with two attached hydrogens (primary N) is 1. The number of hydrogen-bond donors (Lipinski definition) is 1. The molecule has 1 unspecified atom stereocenters. The van der Waals surface area contributed by atoms with Crippen molar-refractivity contribution in [2.24, 2.45) is 16.6 Å². The van der Waals surface area contributed by atoms with Gasteiger partial charge in [-0.1, -0.05) is 35.9 Å². The van der Waals surface area contributed by atoms with E-state index in [0.717, 1.165) is 16.5 Å². The Hall–Kier alpha value is -2.60. The summed E-state index contributed by atoms with van der Waals surface area (Å²) in [6.07, 6.45) is 3.17. The van der Waals surface area contributed by atoms with E-state index < -0.39 is 11.8 Å². The van der Waals surface area contributed by atoms with E-state index in [9.17, 15) is 8.78 Å². The van der Waals surface area contributed by atoms with Crippen LogP contribution in [0.4, 0.5) is 14.6 Å². The first-order valence-corrected chi connectivity index (χ1v) is 8.53. The van der Waals surface area contributed by atoms with Crippen molar-refractivity contribution < 1.29 is 8.78 Å². The molecule has 0 saturated heterocycles. The van der Waals surface area contributed by atoms with Crippen LogP contribution in [0.25, 0.3) is 22.0 Å². The molecule has 2 heterocycles. The molecule has 3 aromatic rings. The molecular weight excluding hydrogens is 358 g/mol. The van der Waals surface area contributed by atoms with Crippen molar-refractivity contribution >= 4 is 34.2 Å². The van der Waals surface area contributed by atoms with Gasteiger partial charge in [0.15, 0.2) is 5.82 Å². The highest BCUT2D eigenvalue weighted by molar-refractivity contribution is 6.36. The standard InChI is InChI=1S/C19H15ClF2N4/c20-16-13(14-5-1-3-11-4-2-7-24-17(11)14)6-8-25-18(16)26-15(23)9-12-10-19(12,21)22/h1-8,12H,9-10H2,(H2,23,25,26). The van der Waals surface area contributed by atoms with E-state index in [2.05, 4.69) is 15.0 Å². The van der Waals surface area contributed by atoms with Crippen molar-refractivity contribution in [2.75, 3.05) is 0 Å². The summed E-state index contributed by atoms with van der Waals surface area (Å²) in [6.45, 7) is 0. The average molecular weight is 373 g/mol. The van der Waals surface area contributed by atoms with E-state index in [1.54, 1.807) is 18.5 Å². The van der Waals surface area contributed by atoms with Crippen LogP contribution in [0.5, 0.6) is 0 Å². The Labute approximate surface area is 153 Å². The second-order valence-electron chi connectivity index (χ2n) is 6.35. The molecule has 0 radical (unpaired) electrons. The maximum absolute atomic E-state index is 13.0. The zero-order valence-corrected chi connectivity index (χ0v) is 14.4. The van der Waals surface area contributed by atoms with Crippen LogP contribution in [0.2, 0.25) is 5.02 Å². The van der Waals surface area contributed by atoms with Gasteiger partial charge in [-0.2, -0.15) is 0 Å². The van der Waals surface area contributed by atoms with E-state index in [1.165, 1.54) is 0 Å². The summed E-state index contributed by atoms with van der Waals surface area (Å²) >= 11 is 6.49. The first-order valence-electron chi connectivity index (χ1n) is 8.15.